The summed E-state index contributed by atoms with van der Waals surface area (Å²) in [5, 5.41) is 9.59. The number of aromatic hydroxyl groups is 1. The molecule has 1 aromatic rings. The first-order chi connectivity index (χ1) is 7.22. The Hall–Kier alpha value is -0.970. The van der Waals surface area contributed by atoms with E-state index in [4.69, 9.17) is 5.11 Å². The van der Waals surface area contributed by atoms with Gasteiger partial charge in [0.25, 0.3) is 5.56 Å². The predicted octanol–water partition coefficient (Wildman–Crippen LogP) is 2.15. The van der Waals surface area contributed by atoms with Crippen molar-refractivity contribution in [2.24, 2.45) is 0 Å². The Labute approximate surface area is 93.1 Å². The van der Waals surface area contributed by atoms with Crippen LogP contribution >= 0.6 is 11.8 Å². The highest BCUT2D eigenvalue weighted by atomic mass is 32.2. The van der Waals surface area contributed by atoms with Gasteiger partial charge in [-0.1, -0.05) is 37.9 Å². The van der Waals surface area contributed by atoms with Gasteiger partial charge in [0.1, 0.15) is 0 Å². The van der Waals surface area contributed by atoms with Gasteiger partial charge in [-0.2, -0.15) is 4.98 Å². The van der Waals surface area contributed by atoms with E-state index in [0.717, 1.165) is 18.2 Å². The van der Waals surface area contributed by atoms with Crippen LogP contribution in [-0.2, 0) is 0 Å². The van der Waals surface area contributed by atoms with E-state index in [1.165, 1.54) is 31.0 Å². The van der Waals surface area contributed by atoms with Gasteiger partial charge in [-0.15, -0.1) is 0 Å². The maximum absolute atomic E-state index is 11.0. The molecule has 0 aliphatic rings. The summed E-state index contributed by atoms with van der Waals surface area (Å²) in [5.74, 6) is 0.710. The minimum Gasteiger partial charge on any atom is -0.493 e. The third-order valence-electron chi connectivity index (χ3n) is 1.94. The number of aromatic amines is 1. The van der Waals surface area contributed by atoms with Crippen LogP contribution in [0.15, 0.2) is 16.0 Å². The molecule has 15 heavy (non-hydrogen) atoms. The number of nitrogens with zero attached hydrogens (tertiary/aromatic N) is 1. The van der Waals surface area contributed by atoms with E-state index in [-0.39, 0.29) is 11.4 Å². The minimum absolute atomic E-state index is 0.213. The first kappa shape index (κ1) is 12.1. The van der Waals surface area contributed by atoms with Crippen molar-refractivity contribution in [1.29, 1.82) is 0 Å². The van der Waals surface area contributed by atoms with Gasteiger partial charge in [0.15, 0.2) is 5.16 Å². The Morgan fingerprint density at radius 2 is 2.27 bits per heavy atom. The number of hydrogen-bond donors (Lipinski definition) is 2. The molecule has 0 unspecified atom stereocenters. The second-order valence-corrected chi connectivity index (χ2v) is 4.40. The van der Waals surface area contributed by atoms with Crippen molar-refractivity contribution < 1.29 is 5.11 Å². The van der Waals surface area contributed by atoms with E-state index in [1.807, 2.05) is 0 Å². The summed E-state index contributed by atoms with van der Waals surface area (Å²) in [6.07, 6.45) is 4.76. The molecule has 1 heterocycles. The monoisotopic (exact) mass is 228 g/mol. The third kappa shape index (κ3) is 4.88. The van der Waals surface area contributed by atoms with Crippen LogP contribution in [0.5, 0.6) is 5.88 Å². The third-order valence-corrected chi connectivity index (χ3v) is 2.90. The second-order valence-electron chi connectivity index (χ2n) is 3.32. The van der Waals surface area contributed by atoms with Crippen molar-refractivity contribution in [3.63, 3.8) is 0 Å². The molecular weight excluding hydrogens is 212 g/mol. The average Bonchev–Trinajstić information content (AvgIpc) is 2.16. The first-order valence-corrected chi connectivity index (χ1v) is 6.14. The number of H-pyrrole nitrogens is 1. The summed E-state index contributed by atoms with van der Waals surface area (Å²) < 4.78 is 0. The number of rotatable bonds is 6. The van der Waals surface area contributed by atoms with Gasteiger partial charge in [0, 0.05) is 5.75 Å². The molecule has 0 aliphatic heterocycles. The molecule has 0 fully saturated rings. The number of thioether (sulfide) groups is 1. The van der Waals surface area contributed by atoms with Crippen LogP contribution in [-0.4, -0.2) is 20.8 Å². The SMILES string of the molecule is CCCCCCSc1nc(O)cc(=O)[nH]1. The second kappa shape index (κ2) is 6.50. The highest BCUT2D eigenvalue weighted by molar-refractivity contribution is 7.99. The number of aromatic nitrogens is 2. The molecular formula is C10H16N2O2S. The van der Waals surface area contributed by atoms with Crippen LogP contribution in [0, 0.1) is 0 Å². The minimum atomic E-state index is -0.307. The molecule has 1 rings (SSSR count). The fourth-order valence-corrected chi connectivity index (χ4v) is 2.06. The normalized spacial score (nSPS) is 10.5. The fraction of sp³-hybridized carbons (Fsp3) is 0.600. The van der Waals surface area contributed by atoms with E-state index < -0.39 is 0 Å². The summed E-state index contributed by atoms with van der Waals surface area (Å²) in [6, 6.07) is 1.07. The number of nitrogens with one attached hydrogen (secondary N) is 1. The lowest BCUT2D eigenvalue weighted by Crippen LogP contribution is -2.06. The maximum atomic E-state index is 11.0. The smallest absolute Gasteiger partial charge is 0.255 e. The van der Waals surface area contributed by atoms with Crippen LogP contribution in [0.25, 0.3) is 0 Å². The van der Waals surface area contributed by atoms with Crippen molar-refractivity contribution in [3.8, 4) is 5.88 Å². The average molecular weight is 228 g/mol. The highest BCUT2D eigenvalue weighted by Crippen LogP contribution is 2.15. The Morgan fingerprint density at radius 1 is 1.47 bits per heavy atom. The molecule has 0 saturated heterocycles. The zero-order chi connectivity index (χ0) is 11.1. The molecule has 5 heteroatoms. The summed E-state index contributed by atoms with van der Waals surface area (Å²) in [6.45, 7) is 2.17. The van der Waals surface area contributed by atoms with E-state index in [1.54, 1.807) is 0 Å². The lowest BCUT2D eigenvalue weighted by atomic mass is 10.2. The summed E-state index contributed by atoms with van der Waals surface area (Å²) in [5.41, 5.74) is -0.307. The standard InChI is InChI=1S/C10H16N2O2S/c1-2-3-4-5-6-15-10-11-8(13)7-9(14)12-10/h7H,2-6H2,1H3,(H2,11,12,13,14). The van der Waals surface area contributed by atoms with Gasteiger partial charge in [-0.25, -0.2) is 0 Å². The van der Waals surface area contributed by atoms with Crippen molar-refractivity contribution >= 4 is 11.8 Å². The molecule has 0 aromatic carbocycles. The molecule has 4 nitrogen and oxygen atoms in total. The van der Waals surface area contributed by atoms with Crippen LogP contribution in [0.4, 0.5) is 0 Å². The lowest BCUT2D eigenvalue weighted by Gasteiger charge is -2.00. The Morgan fingerprint density at radius 3 is 2.93 bits per heavy atom. The first-order valence-electron chi connectivity index (χ1n) is 5.15. The number of hydrogen-bond acceptors (Lipinski definition) is 4. The lowest BCUT2D eigenvalue weighted by molar-refractivity contribution is 0.444. The van der Waals surface area contributed by atoms with Crippen LogP contribution in [0.3, 0.4) is 0 Å². The quantitative estimate of drug-likeness (QED) is 0.445. The molecule has 0 atom stereocenters. The maximum Gasteiger partial charge on any atom is 0.255 e. The zero-order valence-corrected chi connectivity index (χ0v) is 9.64. The molecule has 0 saturated carbocycles. The molecule has 0 aliphatic carbocycles. The van der Waals surface area contributed by atoms with Crippen LogP contribution < -0.4 is 5.56 Å². The molecule has 0 amide bonds. The van der Waals surface area contributed by atoms with Crippen LogP contribution in [0.2, 0.25) is 0 Å². The Bertz CT molecular complexity index is 352. The Kier molecular flexibility index (Phi) is 5.25. The van der Waals surface area contributed by atoms with E-state index >= 15 is 0 Å². The number of unbranched alkanes of at least 4 members (excludes halogenated alkanes) is 3. The largest absolute Gasteiger partial charge is 0.493 e. The van der Waals surface area contributed by atoms with Crippen molar-refractivity contribution in [2.75, 3.05) is 5.75 Å². The zero-order valence-electron chi connectivity index (χ0n) is 8.82. The van der Waals surface area contributed by atoms with E-state index in [2.05, 4.69) is 16.9 Å². The van der Waals surface area contributed by atoms with Gasteiger partial charge in [-0.05, 0) is 6.42 Å². The topological polar surface area (TPSA) is 66.0 Å². The van der Waals surface area contributed by atoms with Crippen molar-refractivity contribution in [1.82, 2.24) is 9.97 Å². The van der Waals surface area contributed by atoms with Gasteiger partial charge in [0.05, 0.1) is 6.07 Å². The summed E-state index contributed by atoms with van der Waals surface area (Å²) >= 11 is 1.47. The van der Waals surface area contributed by atoms with Gasteiger partial charge < -0.3 is 10.1 Å². The van der Waals surface area contributed by atoms with Gasteiger partial charge in [0.2, 0.25) is 5.88 Å². The molecule has 0 spiro atoms. The highest BCUT2D eigenvalue weighted by Gasteiger charge is 1.99. The molecule has 1 aromatic heterocycles. The van der Waals surface area contributed by atoms with Crippen molar-refractivity contribution in [3.05, 3.63) is 16.4 Å². The van der Waals surface area contributed by atoms with Crippen LogP contribution in [0.1, 0.15) is 32.6 Å². The summed E-state index contributed by atoms with van der Waals surface area (Å²) in [7, 11) is 0. The molecule has 0 radical (unpaired) electrons. The summed E-state index contributed by atoms with van der Waals surface area (Å²) in [4.78, 5) is 17.4. The van der Waals surface area contributed by atoms with Gasteiger partial charge >= 0.3 is 0 Å². The van der Waals surface area contributed by atoms with E-state index in [0.29, 0.717) is 5.16 Å². The van der Waals surface area contributed by atoms with Crippen molar-refractivity contribution in [2.45, 2.75) is 37.8 Å². The fourth-order valence-electron chi connectivity index (χ4n) is 1.19. The van der Waals surface area contributed by atoms with Gasteiger partial charge in [-0.3, -0.25) is 4.79 Å². The van der Waals surface area contributed by atoms with E-state index in [9.17, 15) is 4.79 Å². The molecule has 2 N–H and O–H groups in total. The Balaban J connectivity index is 2.34. The molecule has 84 valence electrons. The molecule has 0 bridgehead atoms. The predicted molar refractivity (Wildman–Crippen MR) is 61.4 cm³/mol.